The average molecular weight is 375 g/mol. The van der Waals surface area contributed by atoms with Crippen LogP contribution in [-0.4, -0.2) is 62.6 Å². The van der Waals surface area contributed by atoms with E-state index in [-0.39, 0.29) is 36.7 Å². The van der Waals surface area contributed by atoms with Crippen LogP contribution >= 0.6 is 11.6 Å². The van der Waals surface area contributed by atoms with E-state index in [1.807, 2.05) is 0 Å². The predicted molar refractivity (Wildman–Crippen MR) is 88.0 cm³/mol. The molecule has 2 heterocycles. The average Bonchev–Trinajstić information content (AvgIpc) is 2.91. The molecule has 0 N–H and O–H groups in total. The molecule has 132 valence electrons. The van der Waals surface area contributed by atoms with Crippen molar-refractivity contribution in [2.45, 2.75) is 24.8 Å². The minimum atomic E-state index is -3.78. The molecular weight excluding hydrogens is 356 g/mol. The van der Waals surface area contributed by atoms with Crippen molar-refractivity contribution in [3.8, 4) is 5.75 Å². The third kappa shape index (κ3) is 2.94. The summed E-state index contributed by atoms with van der Waals surface area (Å²) in [6.07, 6.45) is -0.384. The fraction of sp³-hybridized carbons (Fsp3) is 0.533. The van der Waals surface area contributed by atoms with Crippen molar-refractivity contribution in [2.75, 3.05) is 32.8 Å². The van der Waals surface area contributed by atoms with Crippen LogP contribution in [0.25, 0.3) is 0 Å². The van der Waals surface area contributed by atoms with E-state index < -0.39 is 10.0 Å². The molecule has 2 fully saturated rings. The summed E-state index contributed by atoms with van der Waals surface area (Å²) in [4.78, 5) is 13.2. The van der Waals surface area contributed by atoms with E-state index in [0.717, 1.165) is 5.56 Å². The number of hydrogen-bond donors (Lipinski definition) is 0. The molecule has 1 unspecified atom stereocenters. The SMILES string of the molecule is CCOc1cc(C)c(Cl)cc1S(=O)(=O)N1CCN2C(=O)OCC2C1. The number of ether oxygens (including phenoxy) is 2. The summed E-state index contributed by atoms with van der Waals surface area (Å²) < 4.78 is 38.0. The monoisotopic (exact) mass is 374 g/mol. The number of carbonyl (C=O) groups excluding carboxylic acids is 1. The number of rotatable bonds is 4. The van der Waals surface area contributed by atoms with Crippen molar-refractivity contribution in [3.63, 3.8) is 0 Å². The van der Waals surface area contributed by atoms with Gasteiger partial charge in [0.25, 0.3) is 0 Å². The molecule has 2 aliphatic heterocycles. The van der Waals surface area contributed by atoms with Crippen LogP contribution in [0.2, 0.25) is 5.02 Å². The van der Waals surface area contributed by atoms with E-state index in [4.69, 9.17) is 21.1 Å². The number of piperazine rings is 1. The van der Waals surface area contributed by atoms with Gasteiger partial charge in [-0.05, 0) is 31.5 Å². The second-order valence-electron chi connectivity index (χ2n) is 5.77. The predicted octanol–water partition coefficient (Wildman–Crippen LogP) is 1.87. The summed E-state index contributed by atoms with van der Waals surface area (Å²) in [5, 5.41) is 0.370. The number of sulfonamides is 1. The summed E-state index contributed by atoms with van der Waals surface area (Å²) in [6.45, 7) is 4.87. The Balaban J connectivity index is 1.93. The van der Waals surface area contributed by atoms with E-state index in [1.54, 1.807) is 24.8 Å². The summed E-state index contributed by atoms with van der Waals surface area (Å²) in [5.74, 6) is 0.292. The molecule has 1 aromatic carbocycles. The van der Waals surface area contributed by atoms with Crippen LogP contribution in [0.1, 0.15) is 12.5 Å². The molecule has 0 spiro atoms. The molecule has 24 heavy (non-hydrogen) atoms. The van der Waals surface area contributed by atoms with Gasteiger partial charge in [0.05, 0.1) is 12.6 Å². The lowest BCUT2D eigenvalue weighted by Crippen LogP contribution is -2.53. The molecule has 0 radical (unpaired) electrons. The first-order valence-corrected chi connectivity index (χ1v) is 9.53. The van der Waals surface area contributed by atoms with E-state index in [1.165, 1.54) is 10.4 Å². The Bertz CT molecular complexity index is 767. The summed E-state index contributed by atoms with van der Waals surface area (Å²) in [5.41, 5.74) is 0.749. The second-order valence-corrected chi connectivity index (χ2v) is 8.08. The molecule has 1 amide bonds. The maximum absolute atomic E-state index is 13.1. The molecule has 0 saturated carbocycles. The van der Waals surface area contributed by atoms with Gasteiger partial charge in [0.1, 0.15) is 17.3 Å². The zero-order chi connectivity index (χ0) is 17.5. The van der Waals surface area contributed by atoms with Gasteiger partial charge >= 0.3 is 6.09 Å². The lowest BCUT2D eigenvalue weighted by Gasteiger charge is -2.34. The summed E-state index contributed by atoms with van der Waals surface area (Å²) >= 11 is 6.13. The van der Waals surface area contributed by atoms with Crippen LogP contribution in [0, 0.1) is 6.92 Å². The molecule has 0 bridgehead atoms. The maximum atomic E-state index is 13.1. The van der Waals surface area contributed by atoms with Gasteiger partial charge in [-0.3, -0.25) is 4.90 Å². The quantitative estimate of drug-likeness (QED) is 0.804. The Morgan fingerprint density at radius 3 is 2.83 bits per heavy atom. The molecule has 1 aromatic rings. The number of nitrogens with zero attached hydrogens (tertiary/aromatic N) is 2. The molecular formula is C15H19ClN2O5S. The number of amides is 1. The van der Waals surface area contributed by atoms with Crippen molar-refractivity contribution in [1.29, 1.82) is 0 Å². The number of hydrogen-bond acceptors (Lipinski definition) is 5. The first-order chi connectivity index (χ1) is 11.3. The lowest BCUT2D eigenvalue weighted by molar-refractivity contribution is 0.147. The van der Waals surface area contributed by atoms with Gasteiger partial charge in [-0.2, -0.15) is 4.31 Å². The molecule has 2 saturated heterocycles. The van der Waals surface area contributed by atoms with Crippen molar-refractivity contribution >= 4 is 27.7 Å². The first kappa shape index (κ1) is 17.3. The van der Waals surface area contributed by atoms with Gasteiger partial charge in [-0.1, -0.05) is 11.6 Å². The maximum Gasteiger partial charge on any atom is 0.410 e. The van der Waals surface area contributed by atoms with Gasteiger partial charge in [0.2, 0.25) is 10.0 Å². The minimum absolute atomic E-state index is 0.0543. The third-order valence-electron chi connectivity index (χ3n) is 4.22. The second kappa shape index (κ2) is 6.42. The number of fused-ring (bicyclic) bond motifs is 1. The van der Waals surface area contributed by atoms with Crippen molar-refractivity contribution < 1.29 is 22.7 Å². The van der Waals surface area contributed by atoms with Gasteiger partial charge < -0.3 is 9.47 Å². The van der Waals surface area contributed by atoms with Crippen LogP contribution in [0.3, 0.4) is 0 Å². The van der Waals surface area contributed by atoms with Crippen molar-refractivity contribution in [2.24, 2.45) is 0 Å². The number of cyclic esters (lactones) is 1. The fourth-order valence-electron chi connectivity index (χ4n) is 2.92. The summed E-state index contributed by atoms with van der Waals surface area (Å²) in [7, 11) is -3.78. The standard InChI is InChI=1S/C15H19ClN2O5S/c1-3-22-13-6-10(2)12(16)7-14(13)24(20,21)17-4-5-18-11(8-17)9-23-15(18)19/h6-7,11H,3-5,8-9H2,1-2H3. The zero-order valence-corrected chi connectivity index (χ0v) is 15.1. The van der Waals surface area contributed by atoms with E-state index in [0.29, 0.717) is 23.9 Å². The fourth-order valence-corrected chi connectivity index (χ4v) is 4.76. The van der Waals surface area contributed by atoms with Crippen molar-refractivity contribution in [3.05, 3.63) is 22.7 Å². The van der Waals surface area contributed by atoms with Crippen LogP contribution in [0.15, 0.2) is 17.0 Å². The Hall–Kier alpha value is -1.51. The molecule has 3 rings (SSSR count). The normalized spacial score (nSPS) is 21.5. The van der Waals surface area contributed by atoms with E-state index >= 15 is 0 Å². The highest BCUT2D eigenvalue weighted by Crippen LogP contribution is 2.33. The largest absolute Gasteiger partial charge is 0.492 e. The minimum Gasteiger partial charge on any atom is -0.492 e. The van der Waals surface area contributed by atoms with Crippen LogP contribution in [0.5, 0.6) is 5.75 Å². The number of halogens is 1. The summed E-state index contributed by atoms with van der Waals surface area (Å²) in [6, 6.07) is 2.81. The smallest absolute Gasteiger partial charge is 0.410 e. The molecule has 0 aromatic heterocycles. The zero-order valence-electron chi connectivity index (χ0n) is 13.5. The molecule has 0 aliphatic carbocycles. The first-order valence-electron chi connectivity index (χ1n) is 7.71. The van der Waals surface area contributed by atoms with Gasteiger partial charge in [0.15, 0.2) is 0 Å². The highest BCUT2D eigenvalue weighted by Gasteiger charge is 2.42. The van der Waals surface area contributed by atoms with Gasteiger partial charge in [-0.25, -0.2) is 13.2 Å². The molecule has 1 atom stereocenters. The van der Waals surface area contributed by atoms with Gasteiger partial charge in [-0.15, -0.1) is 0 Å². The highest BCUT2D eigenvalue weighted by atomic mass is 35.5. The number of aryl methyl sites for hydroxylation is 1. The Kier molecular flexibility index (Phi) is 4.63. The van der Waals surface area contributed by atoms with Crippen molar-refractivity contribution in [1.82, 2.24) is 9.21 Å². The Labute approximate surface area is 146 Å². The Morgan fingerprint density at radius 2 is 2.12 bits per heavy atom. The third-order valence-corrected chi connectivity index (χ3v) is 6.52. The van der Waals surface area contributed by atoms with E-state index in [9.17, 15) is 13.2 Å². The lowest BCUT2D eigenvalue weighted by atomic mass is 10.2. The highest BCUT2D eigenvalue weighted by molar-refractivity contribution is 7.89. The van der Waals surface area contributed by atoms with E-state index in [2.05, 4.69) is 0 Å². The number of carbonyl (C=O) groups is 1. The van der Waals surface area contributed by atoms with Crippen LogP contribution in [0.4, 0.5) is 4.79 Å². The van der Waals surface area contributed by atoms with Crippen LogP contribution in [-0.2, 0) is 14.8 Å². The van der Waals surface area contributed by atoms with Gasteiger partial charge in [0, 0.05) is 24.7 Å². The molecule has 2 aliphatic rings. The molecule has 7 nitrogen and oxygen atoms in total. The Morgan fingerprint density at radius 1 is 1.38 bits per heavy atom. The molecule has 9 heteroatoms. The topological polar surface area (TPSA) is 76.2 Å². The van der Waals surface area contributed by atoms with Crippen LogP contribution < -0.4 is 4.74 Å². The number of benzene rings is 1.